The summed E-state index contributed by atoms with van der Waals surface area (Å²) in [6.07, 6.45) is 6.86. The molecule has 1 aliphatic heterocycles. The van der Waals surface area contributed by atoms with Crippen LogP contribution in [0.15, 0.2) is 0 Å². The third-order valence-electron chi connectivity index (χ3n) is 4.79. The van der Waals surface area contributed by atoms with Crippen LogP contribution >= 0.6 is 0 Å². The van der Waals surface area contributed by atoms with Crippen molar-refractivity contribution in [2.75, 3.05) is 32.7 Å². The summed E-state index contributed by atoms with van der Waals surface area (Å²) >= 11 is 0. The highest BCUT2D eigenvalue weighted by atomic mass is 15.1. The lowest BCUT2D eigenvalue weighted by Crippen LogP contribution is -2.33. The maximum absolute atomic E-state index is 3.61. The fourth-order valence-electron chi connectivity index (χ4n) is 3.24. The Balaban J connectivity index is 2.10. The van der Waals surface area contributed by atoms with Gasteiger partial charge in [-0.05, 0) is 69.0 Å². The van der Waals surface area contributed by atoms with Crippen molar-refractivity contribution >= 4 is 0 Å². The van der Waals surface area contributed by atoms with E-state index >= 15 is 0 Å². The van der Waals surface area contributed by atoms with Gasteiger partial charge >= 0.3 is 0 Å². The molecule has 120 valence electrons. The first-order valence-electron chi connectivity index (χ1n) is 8.82. The van der Waals surface area contributed by atoms with E-state index in [1.54, 1.807) is 0 Å². The summed E-state index contributed by atoms with van der Waals surface area (Å²) in [4.78, 5) is 2.67. The van der Waals surface area contributed by atoms with Crippen LogP contribution in [-0.4, -0.2) is 37.6 Å². The lowest BCUT2D eigenvalue weighted by molar-refractivity contribution is 0.208. The highest BCUT2D eigenvalue weighted by Gasteiger charge is 2.26. The summed E-state index contributed by atoms with van der Waals surface area (Å²) in [7, 11) is 0. The number of rotatable bonds is 7. The number of hydrogen-bond acceptors (Lipinski definition) is 2. The Hall–Kier alpha value is -0.0800. The topological polar surface area (TPSA) is 15.3 Å². The SMILES string of the molecule is CC(C)CCCNCCN1CCCC(C(C)(C)C)CC1. The molecule has 0 saturated carbocycles. The summed E-state index contributed by atoms with van der Waals surface area (Å²) < 4.78 is 0. The van der Waals surface area contributed by atoms with Gasteiger partial charge in [0.1, 0.15) is 0 Å². The number of nitrogens with one attached hydrogen (secondary N) is 1. The van der Waals surface area contributed by atoms with Crippen molar-refractivity contribution in [3.63, 3.8) is 0 Å². The predicted octanol–water partition coefficient (Wildman–Crippen LogP) is 4.16. The van der Waals surface area contributed by atoms with Crippen LogP contribution in [-0.2, 0) is 0 Å². The lowest BCUT2D eigenvalue weighted by Gasteiger charge is -2.29. The Labute approximate surface area is 127 Å². The molecule has 0 aromatic carbocycles. The van der Waals surface area contributed by atoms with Gasteiger partial charge in [0.2, 0.25) is 0 Å². The second-order valence-electron chi connectivity index (χ2n) is 8.12. The number of likely N-dealkylation sites (tertiary alicyclic amines) is 1. The van der Waals surface area contributed by atoms with Crippen molar-refractivity contribution in [2.45, 2.75) is 66.7 Å². The third kappa shape index (κ3) is 7.64. The summed E-state index contributed by atoms with van der Waals surface area (Å²) in [6.45, 7) is 18.0. The van der Waals surface area contributed by atoms with E-state index in [0.29, 0.717) is 5.41 Å². The molecule has 1 heterocycles. The molecule has 20 heavy (non-hydrogen) atoms. The summed E-state index contributed by atoms with van der Waals surface area (Å²) in [6, 6.07) is 0. The first kappa shape index (κ1) is 18.0. The molecule has 1 atom stereocenters. The van der Waals surface area contributed by atoms with Gasteiger partial charge in [-0.15, -0.1) is 0 Å². The maximum Gasteiger partial charge on any atom is 0.0107 e. The van der Waals surface area contributed by atoms with Crippen LogP contribution in [0.2, 0.25) is 0 Å². The quantitative estimate of drug-likeness (QED) is 0.705. The van der Waals surface area contributed by atoms with Crippen molar-refractivity contribution in [1.82, 2.24) is 10.2 Å². The predicted molar refractivity (Wildman–Crippen MR) is 90.2 cm³/mol. The van der Waals surface area contributed by atoms with Gasteiger partial charge in [0, 0.05) is 13.1 Å². The van der Waals surface area contributed by atoms with Gasteiger partial charge in [-0.2, -0.15) is 0 Å². The first-order valence-corrected chi connectivity index (χ1v) is 8.82. The van der Waals surface area contributed by atoms with Gasteiger partial charge < -0.3 is 10.2 Å². The average molecular weight is 283 g/mol. The molecule has 0 aliphatic carbocycles. The highest BCUT2D eigenvalue weighted by Crippen LogP contribution is 2.34. The molecule has 1 fully saturated rings. The number of nitrogens with zero attached hydrogens (tertiary/aromatic N) is 1. The van der Waals surface area contributed by atoms with Crippen LogP contribution in [0.3, 0.4) is 0 Å². The van der Waals surface area contributed by atoms with E-state index in [0.717, 1.165) is 18.4 Å². The molecule has 0 radical (unpaired) electrons. The molecule has 0 bridgehead atoms. The van der Waals surface area contributed by atoms with Crippen molar-refractivity contribution in [3.8, 4) is 0 Å². The Bertz CT molecular complexity index is 242. The largest absolute Gasteiger partial charge is 0.315 e. The average Bonchev–Trinajstić information content (AvgIpc) is 2.58. The Kier molecular flexibility index (Phi) is 8.13. The summed E-state index contributed by atoms with van der Waals surface area (Å²) in [5, 5.41) is 3.61. The molecule has 0 amide bonds. The van der Waals surface area contributed by atoms with Crippen LogP contribution in [0.1, 0.15) is 66.7 Å². The monoisotopic (exact) mass is 282 g/mol. The van der Waals surface area contributed by atoms with Crippen molar-refractivity contribution < 1.29 is 0 Å². The van der Waals surface area contributed by atoms with E-state index in [2.05, 4.69) is 44.8 Å². The van der Waals surface area contributed by atoms with Crippen LogP contribution < -0.4 is 5.32 Å². The van der Waals surface area contributed by atoms with Crippen LogP contribution in [0.5, 0.6) is 0 Å². The minimum absolute atomic E-state index is 0.491. The van der Waals surface area contributed by atoms with Gasteiger partial charge in [0.05, 0.1) is 0 Å². The van der Waals surface area contributed by atoms with E-state index in [9.17, 15) is 0 Å². The van der Waals surface area contributed by atoms with Crippen LogP contribution in [0, 0.1) is 17.3 Å². The van der Waals surface area contributed by atoms with Crippen molar-refractivity contribution in [3.05, 3.63) is 0 Å². The Morgan fingerprint density at radius 1 is 1.10 bits per heavy atom. The summed E-state index contributed by atoms with van der Waals surface area (Å²) in [5.74, 6) is 1.75. The van der Waals surface area contributed by atoms with E-state index in [-0.39, 0.29) is 0 Å². The summed E-state index contributed by atoms with van der Waals surface area (Å²) in [5.41, 5.74) is 0.491. The zero-order valence-electron chi connectivity index (χ0n) is 14.7. The standard InChI is InChI=1S/C18H38N2/c1-16(2)8-6-11-19-12-15-20-13-7-9-17(10-14-20)18(3,4)5/h16-17,19H,6-15H2,1-5H3. The third-order valence-corrected chi connectivity index (χ3v) is 4.79. The molecule has 1 N–H and O–H groups in total. The lowest BCUT2D eigenvalue weighted by atomic mass is 9.77. The zero-order chi connectivity index (χ0) is 15.0. The van der Waals surface area contributed by atoms with Gasteiger partial charge in [0.25, 0.3) is 0 Å². The molecule has 0 spiro atoms. The van der Waals surface area contributed by atoms with E-state index in [4.69, 9.17) is 0 Å². The highest BCUT2D eigenvalue weighted by molar-refractivity contribution is 4.79. The van der Waals surface area contributed by atoms with Gasteiger partial charge in [-0.1, -0.05) is 34.6 Å². The number of hydrogen-bond donors (Lipinski definition) is 1. The molecule has 0 aromatic heterocycles. The minimum atomic E-state index is 0.491. The molecule has 1 unspecified atom stereocenters. The molecular weight excluding hydrogens is 244 g/mol. The molecular formula is C18H38N2. The minimum Gasteiger partial charge on any atom is -0.315 e. The Morgan fingerprint density at radius 2 is 1.85 bits per heavy atom. The second kappa shape index (κ2) is 9.04. The van der Waals surface area contributed by atoms with Crippen molar-refractivity contribution in [1.29, 1.82) is 0 Å². The smallest absolute Gasteiger partial charge is 0.0107 e. The second-order valence-corrected chi connectivity index (χ2v) is 8.12. The molecule has 1 rings (SSSR count). The molecule has 1 aliphatic rings. The van der Waals surface area contributed by atoms with Gasteiger partial charge in [-0.25, -0.2) is 0 Å². The van der Waals surface area contributed by atoms with Gasteiger partial charge in [0.15, 0.2) is 0 Å². The molecule has 2 heteroatoms. The Morgan fingerprint density at radius 3 is 2.50 bits per heavy atom. The normalized spacial score (nSPS) is 22.2. The maximum atomic E-state index is 3.61. The van der Waals surface area contributed by atoms with Gasteiger partial charge in [-0.3, -0.25) is 0 Å². The molecule has 0 aromatic rings. The van der Waals surface area contributed by atoms with E-state index < -0.39 is 0 Å². The van der Waals surface area contributed by atoms with Crippen LogP contribution in [0.4, 0.5) is 0 Å². The van der Waals surface area contributed by atoms with E-state index in [1.165, 1.54) is 58.3 Å². The van der Waals surface area contributed by atoms with Crippen LogP contribution in [0.25, 0.3) is 0 Å². The molecule has 2 nitrogen and oxygen atoms in total. The van der Waals surface area contributed by atoms with E-state index in [1.807, 2.05) is 0 Å². The first-order chi connectivity index (χ1) is 9.39. The fourth-order valence-corrected chi connectivity index (χ4v) is 3.24. The fraction of sp³-hybridized carbons (Fsp3) is 1.00. The molecule has 1 saturated heterocycles. The van der Waals surface area contributed by atoms with Crippen molar-refractivity contribution in [2.24, 2.45) is 17.3 Å². The zero-order valence-corrected chi connectivity index (χ0v) is 14.7.